The molecule has 1 aliphatic heterocycles. The molecule has 0 amide bonds. The zero-order valence-corrected chi connectivity index (χ0v) is 10.5. The van der Waals surface area contributed by atoms with Crippen molar-refractivity contribution in [1.29, 1.82) is 0 Å². The van der Waals surface area contributed by atoms with Crippen molar-refractivity contribution in [2.24, 2.45) is 5.92 Å². The van der Waals surface area contributed by atoms with E-state index in [4.69, 9.17) is 4.74 Å². The molecule has 2 atom stereocenters. The van der Waals surface area contributed by atoms with Crippen molar-refractivity contribution in [2.45, 2.75) is 19.1 Å². The van der Waals surface area contributed by atoms with E-state index in [1.165, 1.54) is 4.68 Å². The van der Waals surface area contributed by atoms with Gasteiger partial charge in [-0.15, -0.1) is 0 Å². The lowest BCUT2D eigenvalue weighted by Crippen LogP contribution is -2.33. The predicted octanol–water partition coefficient (Wildman–Crippen LogP) is 0.794. The molecule has 3 rings (SSSR count). The molecule has 2 aromatic rings. The molecule has 0 bridgehead atoms. The standard InChI is InChI=1S/C14H16N2O3/c17-13(11-5-6-19-9-11)8-16-14(18)12-4-2-1-3-10(12)7-15-16/h1-4,7,11,13,17H,5-6,8-9H2. The van der Waals surface area contributed by atoms with Crippen LogP contribution in [0.3, 0.4) is 0 Å². The van der Waals surface area contributed by atoms with Crippen LogP contribution in [0.4, 0.5) is 0 Å². The van der Waals surface area contributed by atoms with Crippen molar-refractivity contribution in [1.82, 2.24) is 9.78 Å². The van der Waals surface area contributed by atoms with Crippen LogP contribution in [-0.4, -0.2) is 34.2 Å². The van der Waals surface area contributed by atoms with E-state index in [9.17, 15) is 9.90 Å². The molecular formula is C14H16N2O3. The van der Waals surface area contributed by atoms with Crippen LogP contribution < -0.4 is 5.56 Å². The number of benzene rings is 1. The third-order valence-corrected chi connectivity index (χ3v) is 3.63. The van der Waals surface area contributed by atoms with Crippen molar-refractivity contribution in [3.63, 3.8) is 0 Å². The first-order chi connectivity index (χ1) is 9.25. The summed E-state index contributed by atoms with van der Waals surface area (Å²) in [5, 5.41) is 15.7. The van der Waals surface area contributed by atoms with Crippen molar-refractivity contribution < 1.29 is 9.84 Å². The van der Waals surface area contributed by atoms with Gasteiger partial charge in [0, 0.05) is 17.9 Å². The maximum Gasteiger partial charge on any atom is 0.274 e. The number of rotatable bonds is 3. The summed E-state index contributed by atoms with van der Waals surface area (Å²) in [6.45, 7) is 1.46. The highest BCUT2D eigenvalue weighted by Crippen LogP contribution is 2.17. The van der Waals surface area contributed by atoms with Gasteiger partial charge >= 0.3 is 0 Å². The van der Waals surface area contributed by atoms with Crippen LogP contribution in [0.5, 0.6) is 0 Å². The summed E-state index contributed by atoms with van der Waals surface area (Å²) in [4.78, 5) is 12.2. The highest BCUT2D eigenvalue weighted by molar-refractivity contribution is 5.80. The fraction of sp³-hybridized carbons (Fsp3) is 0.429. The minimum atomic E-state index is -0.589. The Morgan fingerprint density at radius 1 is 1.47 bits per heavy atom. The fourth-order valence-electron chi connectivity index (χ4n) is 2.44. The molecule has 1 fully saturated rings. The van der Waals surface area contributed by atoms with Crippen LogP contribution in [-0.2, 0) is 11.3 Å². The quantitative estimate of drug-likeness (QED) is 0.886. The fourth-order valence-corrected chi connectivity index (χ4v) is 2.44. The Labute approximate surface area is 110 Å². The van der Waals surface area contributed by atoms with Gasteiger partial charge in [-0.05, 0) is 12.5 Å². The number of aliphatic hydroxyl groups is 1. The first kappa shape index (κ1) is 12.3. The number of hydrogen-bond donors (Lipinski definition) is 1. The Morgan fingerprint density at radius 2 is 2.32 bits per heavy atom. The van der Waals surface area contributed by atoms with E-state index in [-0.39, 0.29) is 18.0 Å². The first-order valence-corrected chi connectivity index (χ1v) is 6.46. The van der Waals surface area contributed by atoms with E-state index in [0.717, 1.165) is 11.8 Å². The molecule has 2 heterocycles. The van der Waals surface area contributed by atoms with E-state index < -0.39 is 6.10 Å². The zero-order valence-electron chi connectivity index (χ0n) is 10.5. The molecule has 19 heavy (non-hydrogen) atoms. The Hall–Kier alpha value is -1.72. The number of ether oxygens (including phenoxy) is 1. The van der Waals surface area contributed by atoms with Crippen LogP contribution in [0.25, 0.3) is 10.8 Å². The van der Waals surface area contributed by atoms with Gasteiger partial charge in [-0.3, -0.25) is 4.79 Å². The van der Waals surface area contributed by atoms with Crippen LogP contribution in [0.15, 0.2) is 35.3 Å². The van der Waals surface area contributed by atoms with Crippen molar-refractivity contribution >= 4 is 10.8 Å². The second-order valence-corrected chi connectivity index (χ2v) is 4.91. The molecule has 5 nitrogen and oxygen atoms in total. The van der Waals surface area contributed by atoms with Gasteiger partial charge in [0.15, 0.2) is 0 Å². The van der Waals surface area contributed by atoms with Crippen LogP contribution in [0.2, 0.25) is 0 Å². The van der Waals surface area contributed by atoms with E-state index in [1.807, 2.05) is 18.2 Å². The monoisotopic (exact) mass is 260 g/mol. The number of aromatic nitrogens is 2. The number of aliphatic hydroxyl groups excluding tert-OH is 1. The van der Waals surface area contributed by atoms with Crippen LogP contribution >= 0.6 is 0 Å². The predicted molar refractivity (Wildman–Crippen MR) is 70.9 cm³/mol. The van der Waals surface area contributed by atoms with Crippen molar-refractivity contribution in [3.8, 4) is 0 Å². The Bertz CT molecular complexity index is 632. The molecule has 1 aromatic carbocycles. The van der Waals surface area contributed by atoms with Gasteiger partial charge in [-0.2, -0.15) is 5.10 Å². The van der Waals surface area contributed by atoms with E-state index in [2.05, 4.69) is 5.10 Å². The third kappa shape index (κ3) is 2.39. The molecule has 0 aliphatic carbocycles. The van der Waals surface area contributed by atoms with E-state index >= 15 is 0 Å². The number of fused-ring (bicyclic) bond motifs is 1. The highest BCUT2D eigenvalue weighted by atomic mass is 16.5. The van der Waals surface area contributed by atoms with Gasteiger partial charge in [0.1, 0.15) is 0 Å². The van der Waals surface area contributed by atoms with Gasteiger partial charge in [-0.1, -0.05) is 18.2 Å². The second kappa shape index (κ2) is 5.11. The average Bonchev–Trinajstić information content (AvgIpc) is 2.96. The Morgan fingerprint density at radius 3 is 3.11 bits per heavy atom. The SMILES string of the molecule is O=c1c2ccccc2cnn1CC(O)C1CCOC1. The zero-order chi connectivity index (χ0) is 13.2. The van der Waals surface area contributed by atoms with Crippen LogP contribution in [0, 0.1) is 5.92 Å². The summed E-state index contributed by atoms with van der Waals surface area (Å²) in [5.74, 6) is 0.0974. The highest BCUT2D eigenvalue weighted by Gasteiger charge is 2.24. The van der Waals surface area contributed by atoms with E-state index in [1.54, 1.807) is 12.3 Å². The van der Waals surface area contributed by atoms with Gasteiger partial charge in [0.05, 0.1) is 30.8 Å². The molecule has 0 saturated carbocycles. The molecule has 1 N–H and O–H groups in total. The van der Waals surface area contributed by atoms with Gasteiger partial charge in [0.25, 0.3) is 5.56 Å². The summed E-state index contributed by atoms with van der Waals surface area (Å²) < 4.78 is 6.59. The van der Waals surface area contributed by atoms with Crippen molar-refractivity contribution in [2.75, 3.05) is 13.2 Å². The van der Waals surface area contributed by atoms with Crippen molar-refractivity contribution in [3.05, 3.63) is 40.8 Å². The third-order valence-electron chi connectivity index (χ3n) is 3.63. The maximum absolute atomic E-state index is 12.2. The number of hydrogen-bond acceptors (Lipinski definition) is 4. The lowest BCUT2D eigenvalue weighted by atomic mass is 10.0. The molecule has 2 unspecified atom stereocenters. The smallest absolute Gasteiger partial charge is 0.274 e. The van der Waals surface area contributed by atoms with Gasteiger partial charge in [-0.25, -0.2) is 4.68 Å². The molecule has 1 aromatic heterocycles. The largest absolute Gasteiger partial charge is 0.391 e. The lowest BCUT2D eigenvalue weighted by molar-refractivity contribution is 0.0737. The van der Waals surface area contributed by atoms with Gasteiger partial charge < -0.3 is 9.84 Å². The van der Waals surface area contributed by atoms with Gasteiger partial charge in [0.2, 0.25) is 0 Å². The molecule has 5 heteroatoms. The topological polar surface area (TPSA) is 64.4 Å². The summed E-state index contributed by atoms with van der Waals surface area (Å²) in [6, 6.07) is 7.34. The summed E-state index contributed by atoms with van der Waals surface area (Å²) in [7, 11) is 0. The maximum atomic E-state index is 12.2. The summed E-state index contributed by atoms with van der Waals surface area (Å²) in [6.07, 6.45) is 1.91. The molecule has 100 valence electrons. The molecular weight excluding hydrogens is 244 g/mol. The number of nitrogens with zero attached hydrogens (tertiary/aromatic N) is 2. The molecule has 1 aliphatic rings. The molecule has 0 radical (unpaired) electrons. The molecule has 1 saturated heterocycles. The lowest BCUT2D eigenvalue weighted by Gasteiger charge is -2.16. The summed E-state index contributed by atoms with van der Waals surface area (Å²) >= 11 is 0. The minimum absolute atomic E-state index is 0.0974. The minimum Gasteiger partial charge on any atom is -0.391 e. The Kier molecular flexibility index (Phi) is 3.31. The average molecular weight is 260 g/mol. The summed E-state index contributed by atoms with van der Waals surface area (Å²) in [5.41, 5.74) is -0.156. The second-order valence-electron chi connectivity index (χ2n) is 4.91. The first-order valence-electron chi connectivity index (χ1n) is 6.46. The normalized spacial score (nSPS) is 20.8. The van der Waals surface area contributed by atoms with E-state index in [0.29, 0.717) is 18.6 Å². The van der Waals surface area contributed by atoms with Crippen LogP contribution in [0.1, 0.15) is 6.42 Å². The Balaban J connectivity index is 1.88. The molecule has 0 spiro atoms.